The minimum atomic E-state index is 0. The Labute approximate surface area is 180 Å². The van der Waals surface area contributed by atoms with Crippen molar-refractivity contribution in [3.8, 4) is 0 Å². The van der Waals surface area contributed by atoms with Crippen molar-refractivity contribution >= 4 is 35.8 Å². The van der Waals surface area contributed by atoms with Gasteiger partial charge in [-0.1, -0.05) is 42.7 Å². The minimum Gasteiger partial charge on any atom is -0.357 e. The fourth-order valence-electron chi connectivity index (χ4n) is 4.00. The quantitative estimate of drug-likeness (QED) is 0.383. The number of carbonyl (C=O) groups is 1. The Balaban J connectivity index is 0.00000261. The largest absolute Gasteiger partial charge is 0.357 e. The van der Waals surface area contributed by atoms with Crippen LogP contribution in [0.5, 0.6) is 0 Å². The molecule has 2 fully saturated rings. The number of amides is 1. The van der Waals surface area contributed by atoms with Crippen molar-refractivity contribution in [3.05, 3.63) is 35.4 Å². The molecule has 2 aliphatic rings. The number of nitrogens with zero attached hydrogens (tertiary/aromatic N) is 2. The van der Waals surface area contributed by atoms with E-state index < -0.39 is 0 Å². The molecule has 1 unspecified atom stereocenters. The molecule has 5 nitrogen and oxygen atoms in total. The highest BCUT2D eigenvalue weighted by Crippen LogP contribution is 2.27. The van der Waals surface area contributed by atoms with Crippen molar-refractivity contribution in [1.29, 1.82) is 0 Å². The molecular formula is C21H33IN4O. The average Bonchev–Trinajstić information content (AvgIpc) is 3.31. The summed E-state index contributed by atoms with van der Waals surface area (Å²) < 4.78 is 0. The molecule has 150 valence electrons. The molecule has 3 rings (SSSR count). The standard InChI is InChI=1S/C21H32N4O.HI/c1-3-22-21(23-14-17-8-6-7-16(2)13-17)24-19-11-12-25(15-19)20(26)18-9-4-5-10-18;/h6-8,13,18-19H,3-5,9-12,14-15H2,1-2H3,(H2,22,23,24);1H. The number of benzene rings is 1. The highest BCUT2D eigenvalue weighted by molar-refractivity contribution is 14.0. The maximum absolute atomic E-state index is 12.6. The van der Waals surface area contributed by atoms with Gasteiger partial charge in [0, 0.05) is 31.6 Å². The Bertz CT molecular complexity index is 643. The second kappa shape index (κ2) is 10.9. The van der Waals surface area contributed by atoms with Gasteiger partial charge in [-0.05, 0) is 38.7 Å². The second-order valence-corrected chi connectivity index (χ2v) is 7.58. The smallest absolute Gasteiger partial charge is 0.225 e. The summed E-state index contributed by atoms with van der Waals surface area (Å²) in [6.45, 7) is 7.33. The van der Waals surface area contributed by atoms with Gasteiger partial charge in [-0.3, -0.25) is 4.79 Å². The number of hydrogen-bond donors (Lipinski definition) is 2. The van der Waals surface area contributed by atoms with Crippen LogP contribution in [0.4, 0.5) is 0 Å². The molecule has 1 saturated carbocycles. The summed E-state index contributed by atoms with van der Waals surface area (Å²) in [7, 11) is 0. The summed E-state index contributed by atoms with van der Waals surface area (Å²) in [5.41, 5.74) is 2.47. The molecule has 27 heavy (non-hydrogen) atoms. The van der Waals surface area contributed by atoms with Crippen molar-refractivity contribution in [2.45, 2.75) is 58.5 Å². The molecule has 0 bridgehead atoms. The van der Waals surface area contributed by atoms with Gasteiger partial charge >= 0.3 is 0 Å². The minimum absolute atomic E-state index is 0. The molecule has 1 aliphatic heterocycles. The van der Waals surface area contributed by atoms with Crippen LogP contribution in [0.15, 0.2) is 29.3 Å². The van der Waals surface area contributed by atoms with Crippen LogP contribution in [0.3, 0.4) is 0 Å². The third-order valence-electron chi connectivity index (χ3n) is 5.39. The van der Waals surface area contributed by atoms with E-state index in [0.717, 1.165) is 44.9 Å². The molecular weight excluding hydrogens is 451 g/mol. The second-order valence-electron chi connectivity index (χ2n) is 7.58. The lowest BCUT2D eigenvalue weighted by Gasteiger charge is -2.21. The summed E-state index contributed by atoms with van der Waals surface area (Å²) >= 11 is 0. The normalized spacial score (nSPS) is 20.4. The first-order valence-electron chi connectivity index (χ1n) is 10.0. The van der Waals surface area contributed by atoms with Gasteiger partial charge in [0.2, 0.25) is 5.91 Å². The van der Waals surface area contributed by atoms with E-state index in [4.69, 9.17) is 4.99 Å². The van der Waals surface area contributed by atoms with E-state index in [1.165, 1.54) is 24.0 Å². The SMILES string of the molecule is CCNC(=NCc1cccc(C)c1)NC1CCN(C(=O)C2CCCC2)C1.I. The monoisotopic (exact) mass is 484 g/mol. The Morgan fingerprint density at radius 3 is 2.74 bits per heavy atom. The number of aliphatic imine (C=N–C) groups is 1. The lowest BCUT2D eigenvalue weighted by atomic mass is 10.1. The Morgan fingerprint density at radius 1 is 1.26 bits per heavy atom. The van der Waals surface area contributed by atoms with Gasteiger partial charge < -0.3 is 15.5 Å². The van der Waals surface area contributed by atoms with Crippen LogP contribution >= 0.6 is 24.0 Å². The summed E-state index contributed by atoms with van der Waals surface area (Å²) in [4.78, 5) is 19.4. The van der Waals surface area contributed by atoms with E-state index in [1.807, 2.05) is 0 Å². The van der Waals surface area contributed by atoms with Crippen molar-refractivity contribution in [2.75, 3.05) is 19.6 Å². The zero-order valence-electron chi connectivity index (χ0n) is 16.5. The topological polar surface area (TPSA) is 56.7 Å². The summed E-state index contributed by atoms with van der Waals surface area (Å²) in [6.07, 6.45) is 5.57. The van der Waals surface area contributed by atoms with Gasteiger partial charge in [0.15, 0.2) is 5.96 Å². The molecule has 1 amide bonds. The Morgan fingerprint density at radius 2 is 2.04 bits per heavy atom. The first kappa shape index (κ1) is 22.0. The highest BCUT2D eigenvalue weighted by Gasteiger charge is 2.32. The van der Waals surface area contributed by atoms with Gasteiger partial charge in [-0.2, -0.15) is 0 Å². The number of hydrogen-bond acceptors (Lipinski definition) is 2. The molecule has 1 atom stereocenters. The maximum atomic E-state index is 12.6. The first-order chi connectivity index (χ1) is 12.7. The number of carbonyl (C=O) groups excluding carboxylic acids is 1. The van der Waals surface area contributed by atoms with Crippen LogP contribution in [0.2, 0.25) is 0 Å². The van der Waals surface area contributed by atoms with Crippen molar-refractivity contribution in [2.24, 2.45) is 10.9 Å². The van der Waals surface area contributed by atoms with E-state index in [2.05, 4.69) is 53.6 Å². The number of likely N-dealkylation sites (tertiary alicyclic amines) is 1. The van der Waals surface area contributed by atoms with Crippen molar-refractivity contribution in [3.63, 3.8) is 0 Å². The molecule has 1 aromatic carbocycles. The molecule has 6 heteroatoms. The van der Waals surface area contributed by atoms with E-state index in [0.29, 0.717) is 12.5 Å². The molecule has 1 aromatic rings. The number of rotatable bonds is 5. The zero-order chi connectivity index (χ0) is 18.4. The maximum Gasteiger partial charge on any atom is 0.225 e. The average molecular weight is 484 g/mol. The van der Waals surface area contributed by atoms with Crippen LogP contribution in [0, 0.1) is 12.8 Å². The number of halogens is 1. The van der Waals surface area contributed by atoms with Gasteiger partial charge in [-0.15, -0.1) is 24.0 Å². The number of guanidine groups is 1. The van der Waals surface area contributed by atoms with Crippen LogP contribution in [-0.4, -0.2) is 42.4 Å². The van der Waals surface area contributed by atoms with Gasteiger partial charge in [0.1, 0.15) is 0 Å². The highest BCUT2D eigenvalue weighted by atomic mass is 127. The predicted octanol–water partition coefficient (Wildman–Crippen LogP) is 3.46. The molecule has 1 aliphatic carbocycles. The molecule has 0 aromatic heterocycles. The Hall–Kier alpha value is -1.31. The fourth-order valence-corrected chi connectivity index (χ4v) is 4.00. The van der Waals surface area contributed by atoms with E-state index in [1.54, 1.807) is 0 Å². The molecule has 2 N–H and O–H groups in total. The summed E-state index contributed by atoms with van der Waals surface area (Å²) in [5.74, 6) is 1.49. The Kier molecular flexibility index (Phi) is 8.86. The van der Waals surface area contributed by atoms with E-state index in [9.17, 15) is 4.79 Å². The van der Waals surface area contributed by atoms with Crippen molar-refractivity contribution < 1.29 is 4.79 Å². The van der Waals surface area contributed by atoms with Crippen LogP contribution in [-0.2, 0) is 11.3 Å². The lowest BCUT2D eigenvalue weighted by molar-refractivity contribution is -0.134. The van der Waals surface area contributed by atoms with Gasteiger partial charge in [0.05, 0.1) is 6.54 Å². The molecule has 1 heterocycles. The third-order valence-corrected chi connectivity index (χ3v) is 5.39. The molecule has 0 spiro atoms. The van der Waals surface area contributed by atoms with Gasteiger partial charge in [-0.25, -0.2) is 4.99 Å². The van der Waals surface area contributed by atoms with Gasteiger partial charge in [0.25, 0.3) is 0 Å². The predicted molar refractivity (Wildman–Crippen MR) is 121 cm³/mol. The summed E-state index contributed by atoms with van der Waals surface area (Å²) in [5, 5.41) is 6.85. The lowest BCUT2D eigenvalue weighted by Crippen LogP contribution is -2.45. The number of aryl methyl sites for hydroxylation is 1. The van der Waals surface area contributed by atoms with Crippen LogP contribution < -0.4 is 10.6 Å². The third kappa shape index (κ3) is 6.36. The fraction of sp³-hybridized carbons (Fsp3) is 0.619. The van der Waals surface area contributed by atoms with Crippen LogP contribution in [0.1, 0.15) is 50.2 Å². The molecule has 0 radical (unpaired) electrons. The van der Waals surface area contributed by atoms with E-state index in [-0.39, 0.29) is 35.9 Å². The molecule has 1 saturated heterocycles. The van der Waals surface area contributed by atoms with Crippen LogP contribution in [0.25, 0.3) is 0 Å². The van der Waals surface area contributed by atoms with Crippen molar-refractivity contribution in [1.82, 2.24) is 15.5 Å². The first-order valence-corrected chi connectivity index (χ1v) is 10.0. The zero-order valence-corrected chi connectivity index (χ0v) is 18.9. The van der Waals surface area contributed by atoms with E-state index >= 15 is 0 Å². The summed E-state index contributed by atoms with van der Waals surface area (Å²) in [6, 6.07) is 8.74. The number of nitrogens with one attached hydrogen (secondary N) is 2.